The Labute approximate surface area is 255 Å². The van der Waals surface area contributed by atoms with Crippen LogP contribution in [0.4, 0.5) is 0 Å². The van der Waals surface area contributed by atoms with Gasteiger partial charge in [-0.2, -0.15) is 11.1 Å². The van der Waals surface area contributed by atoms with Crippen LogP contribution in [0.2, 0.25) is 0 Å². The van der Waals surface area contributed by atoms with Crippen molar-refractivity contribution in [1.82, 2.24) is 0 Å². The largest absolute Gasteiger partial charge is 4.00 e. The molecule has 6 rings (SSSR count). The van der Waals surface area contributed by atoms with Gasteiger partial charge in [-0.15, -0.1) is 29.0 Å². The van der Waals surface area contributed by atoms with Crippen LogP contribution in [-0.2, 0) is 26.2 Å². The van der Waals surface area contributed by atoms with Crippen molar-refractivity contribution in [3.8, 4) is 0 Å². The van der Waals surface area contributed by atoms with Gasteiger partial charge in [0, 0.05) is 8.95 Å². The van der Waals surface area contributed by atoms with Crippen molar-refractivity contribution in [2.45, 2.75) is 21.6 Å². The number of halogens is 2. The van der Waals surface area contributed by atoms with E-state index in [9.17, 15) is 0 Å². The molecule has 4 aromatic rings. The third-order valence-corrected chi connectivity index (χ3v) is 8.59. The van der Waals surface area contributed by atoms with Crippen molar-refractivity contribution in [1.29, 1.82) is 0 Å². The summed E-state index contributed by atoms with van der Waals surface area (Å²) in [6.45, 7) is 0. The van der Waals surface area contributed by atoms with E-state index in [-0.39, 0.29) is 52.9 Å². The summed E-state index contributed by atoms with van der Waals surface area (Å²) in [5.74, 6) is 0.336. The topological polar surface area (TPSA) is 0 Å². The molecule has 176 valence electrons. The van der Waals surface area contributed by atoms with E-state index in [1.54, 1.807) is 11.8 Å². The Balaban J connectivity index is 0.00000120. The summed E-state index contributed by atoms with van der Waals surface area (Å²) < 4.78 is 2.27. The molecule has 0 nitrogen and oxygen atoms in total. The fourth-order valence-electron chi connectivity index (χ4n) is 4.67. The zero-order valence-corrected chi connectivity index (χ0v) is 26.5. The van der Waals surface area contributed by atoms with E-state index in [2.05, 4.69) is 141 Å². The number of allylic oxidation sites excluding steroid dienone is 2. The van der Waals surface area contributed by atoms with Gasteiger partial charge in [-0.25, -0.2) is 12.2 Å². The van der Waals surface area contributed by atoms with Crippen molar-refractivity contribution in [2.24, 2.45) is 0 Å². The second kappa shape index (κ2) is 12.4. The quantitative estimate of drug-likeness (QED) is 0.192. The Kier molecular flexibility index (Phi) is 10.0. The van der Waals surface area contributed by atoms with Crippen LogP contribution in [0.3, 0.4) is 0 Å². The predicted molar refractivity (Wildman–Crippen MR) is 157 cm³/mol. The molecule has 0 spiro atoms. The van der Waals surface area contributed by atoms with E-state index >= 15 is 0 Å². The third-order valence-electron chi connectivity index (χ3n) is 6.20. The average molecular weight is 692 g/mol. The number of hydrogen-bond donors (Lipinski definition) is 0. The maximum Gasteiger partial charge on any atom is 4.00 e. The van der Waals surface area contributed by atoms with E-state index in [4.69, 9.17) is 0 Å². The minimum atomic E-state index is 0. The number of rotatable bonds is 4. The molecule has 4 heteroatoms. The molecule has 0 amide bonds. The van der Waals surface area contributed by atoms with Crippen LogP contribution in [0.15, 0.2) is 104 Å². The summed E-state index contributed by atoms with van der Waals surface area (Å²) in [7, 11) is 0. The molecule has 0 aromatic heterocycles. The van der Waals surface area contributed by atoms with Crippen molar-refractivity contribution in [2.75, 3.05) is 0 Å². The van der Waals surface area contributed by atoms with E-state index in [1.165, 1.54) is 43.2 Å². The molecule has 2 unspecified atom stereocenters. The molecule has 36 heavy (non-hydrogen) atoms. The minimum Gasteiger partial charge on any atom is -0.358 e. The molecule has 0 saturated heterocycles. The molecular weight excluding hydrogens is 667 g/mol. The standard InChI is InChI=1S/C30H18Br2S.2CH3.Zr/c31-26-15-16-28(25-14-13-24(30(25)26)20-9-5-2-6-10-20)33-22-17-21-11-12-23(29(21)27(32)18-22)19-7-3-1-4-8-19;;;/h1-11,14-18,23-24H;2*1H3;/q-2;2*-1;+4. The van der Waals surface area contributed by atoms with Gasteiger partial charge in [0.15, 0.2) is 0 Å². The number of hydrogen-bond acceptors (Lipinski definition) is 1. The van der Waals surface area contributed by atoms with Crippen LogP contribution < -0.4 is 0 Å². The normalized spacial score (nSPS) is 16.4. The Bertz CT molecular complexity index is 1410. The Hall–Kier alpha value is -1.45. The van der Waals surface area contributed by atoms with E-state index in [1.807, 2.05) is 0 Å². The van der Waals surface area contributed by atoms with Gasteiger partial charge in [-0.05, 0) is 17.0 Å². The van der Waals surface area contributed by atoms with Crippen LogP contribution in [0.25, 0.3) is 12.2 Å². The van der Waals surface area contributed by atoms with E-state index < -0.39 is 0 Å². The smallest absolute Gasteiger partial charge is 0.358 e. The molecule has 2 aliphatic carbocycles. The first kappa shape index (κ1) is 29.1. The van der Waals surface area contributed by atoms with Crippen LogP contribution in [-0.4, -0.2) is 0 Å². The maximum absolute atomic E-state index is 3.86. The molecular formula is C32H24Br2SZr. The van der Waals surface area contributed by atoms with Crippen LogP contribution in [0.1, 0.15) is 45.2 Å². The first-order chi connectivity index (χ1) is 16.2. The Morgan fingerprint density at radius 1 is 0.639 bits per heavy atom. The SMILES string of the molecule is Brc1cc(Sc2ccc(Br)c3c2C=[C-]C3c2ccccc2)cc2c1C(c1ccccc1)[C-]=C2.[CH3-].[CH3-].[Zr+4]. The number of benzene rings is 4. The number of fused-ring (bicyclic) bond motifs is 2. The molecule has 0 N–H and O–H groups in total. The van der Waals surface area contributed by atoms with Gasteiger partial charge in [-0.1, -0.05) is 126 Å². The van der Waals surface area contributed by atoms with Gasteiger partial charge in [0.25, 0.3) is 0 Å². The summed E-state index contributed by atoms with van der Waals surface area (Å²) in [6.07, 6.45) is 11.4. The van der Waals surface area contributed by atoms with Crippen LogP contribution in [0, 0.1) is 27.0 Å². The average Bonchev–Trinajstić information content (AvgIpc) is 3.48. The molecule has 0 bridgehead atoms. The zero-order chi connectivity index (χ0) is 22.4. The molecule has 0 radical (unpaired) electrons. The van der Waals surface area contributed by atoms with E-state index in [0.717, 1.165) is 8.95 Å². The summed E-state index contributed by atoms with van der Waals surface area (Å²) in [5.41, 5.74) is 7.62. The van der Waals surface area contributed by atoms with Crippen LogP contribution >= 0.6 is 43.6 Å². The minimum absolute atomic E-state index is 0. The zero-order valence-electron chi connectivity index (χ0n) is 20.1. The van der Waals surface area contributed by atoms with Gasteiger partial charge < -0.3 is 14.9 Å². The second-order valence-corrected chi connectivity index (χ2v) is 11.0. The van der Waals surface area contributed by atoms with Gasteiger partial charge >= 0.3 is 26.2 Å². The predicted octanol–water partition coefficient (Wildman–Crippen LogP) is 10.2. The van der Waals surface area contributed by atoms with Crippen molar-refractivity contribution >= 4 is 55.8 Å². The second-order valence-electron chi connectivity index (χ2n) is 8.19. The summed E-state index contributed by atoms with van der Waals surface area (Å²) in [5, 5.41) is 0. The first-order valence-electron chi connectivity index (χ1n) is 10.8. The summed E-state index contributed by atoms with van der Waals surface area (Å²) in [4.78, 5) is 2.46. The summed E-state index contributed by atoms with van der Waals surface area (Å²) in [6, 6.07) is 30.1. The van der Waals surface area contributed by atoms with Crippen molar-refractivity contribution in [3.63, 3.8) is 0 Å². The summed E-state index contributed by atoms with van der Waals surface area (Å²) >= 11 is 9.46. The third kappa shape index (κ3) is 5.39. The van der Waals surface area contributed by atoms with Crippen LogP contribution in [0.5, 0.6) is 0 Å². The monoisotopic (exact) mass is 688 g/mol. The van der Waals surface area contributed by atoms with Gasteiger partial charge in [0.1, 0.15) is 0 Å². The molecule has 0 fully saturated rings. The maximum atomic E-state index is 3.86. The molecule has 0 heterocycles. The molecule has 0 saturated carbocycles. The van der Waals surface area contributed by atoms with Gasteiger partial charge in [-0.3, -0.25) is 12.2 Å². The Morgan fingerprint density at radius 3 is 1.86 bits per heavy atom. The Morgan fingerprint density at radius 2 is 1.22 bits per heavy atom. The molecule has 2 aliphatic rings. The molecule has 4 aromatic carbocycles. The van der Waals surface area contributed by atoms with Gasteiger partial charge in [0.2, 0.25) is 0 Å². The van der Waals surface area contributed by atoms with Crippen molar-refractivity contribution in [3.05, 3.63) is 154 Å². The molecule has 0 aliphatic heterocycles. The first-order valence-corrected chi connectivity index (χ1v) is 13.2. The fourth-order valence-corrected chi connectivity index (χ4v) is 7.13. The van der Waals surface area contributed by atoms with Gasteiger partial charge in [0.05, 0.1) is 0 Å². The van der Waals surface area contributed by atoms with E-state index in [0.29, 0.717) is 0 Å². The van der Waals surface area contributed by atoms with Crippen molar-refractivity contribution < 1.29 is 26.2 Å². The molecule has 2 atom stereocenters. The fraction of sp³-hybridized carbons (Fsp3) is 0.0625.